The predicted molar refractivity (Wildman–Crippen MR) is 52.0 cm³/mol. The predicted octanol–water partition coefficient (Wildman–Crippen LogP) is 1.79. The highest BCUT2D eigenvalue weighted by Crippen LogP contribution is 2.06. The molecule has 0 N–H and O–H groups in total. The van der Waals surface area contributed by atoms with Gasteiger partial charge in [0.1, 0.15) is 0 Å². The van der Waals surface area contributed by atoms with E-state index in [-0.39, 0.29) is 5.97 Å². The summed E-state index contributed by atoms with van der Waals surface area (Å²) in [7, 11) is 0.303. The topological polar surface area (TPSA) is 29.5 Å². The van der Waals surface area contributed by atoms with Crippen molar-refractivity contribution in [2.24, 2.45) is 0 Å². The molecule has 4 heteroatoms. The van der Waals surface area contributed by atoms with Crippen molar-refractivity contribution in [1.82, 2.24) is 4.73 Å². The lowest BCUT2D eigenvalue weighted by Crippen LogP contribution is -2.43. The molecule has 0 aliphatic heterocycles. The van der Waals surface area contributed by atoms with Gasteiger partial charge in [0.25, 0.3) is 0 Å². The third kappa shape index (κ3) is 4.30. The third-order valence-corrected chi connectivity index (χ3v) is 3.45. The Labute approximate surface area is 75.1 Å². The molecule has 0 fully saturated rings. The van der Waals surface area contributed by atoms with Crippen molar-refractivity contribution < 1.29 is 9.63 Å². The Morgan fingerprint density at radius 1 is 1.42 bits per heavy atom. The number of hydrogen-bond donors (Lipinski definition) is 0. The van der Waals surface area contributed by atoms with Gasteiger partial charge < -0.3 is 4.84 Å². The first-order chi connectivity index (χ1) is 5.38. The molecule has 0 saturated heterocycles. The van der Waals surface area contributed by atoms with Crippen LogP contribution in [0.4, 0.5) is 0 Å². The Bertz CT molecular complexity index is 184. The van der Waals surface area contributed by atoms with Crippen molar-refractivity contribution in [2.45, 2.75) is 26.6 Å². The third-order valence-electron chi connectivity index (χ3n) is 1.47. The molecule has 0 rings (SSSR count). The van der Waals surface area contributed by atoms with Crippen molar-refractivity contribution in [2.75, 3.05) is 7.05 Å². The van der Waals surface area contributed by atoms with E-state index >= 15 is 0 Å². The highest BCUT2D eigenvalue weighted by molar-refractivity contribution is 6.73. The number of carbonyl (C=O) groups excluding carboxylic acids is 1. The monoisotopic (exact) mass is 187 g/mol. The van der Waals surface area contributed by atoms with Gasteiger partial charge in [-0.1, -0.05) is 25.7 Å². The van der Waals surface area contributed by atoms with E-state index in [1.54, 1.807) is 24.8 Å². The molecule has 0 aliphatic rings. The van der Waals surface area contributed by atoms with Crippen LogP contribution in [0.1, 0.15) is 6.92 Å². The summed E-state index contributed by atoms with van der Waals surface area (Å²) in [5.74, 6) is -0.303. The smallest absolute Gasteiger partial charge is 0.348 e. The van der Waals surface area contributed by atoms with E-state index in [2.05, 4.69) is 19.6 Å². The molecule has 70 valence electrons. The van der Waals surface area contributed by atoms with Crippen molar-refractivity contribution in [1.29, 1.82) is 0 Å². The Hall–Kier alpha value is -0.613. The molecule has 0 amide bonds. The normalized spacial score (nSPS) is 12.5. The zero-order chi connectivity index (χ0) is 9.78. The van der Waals surface area contributed by atoms with Crippen LogP contribution in [-0.2, 0) is 9.63 Å². The molecule has 12 heavy (non-hydrogen) atoms. The summed E-state index contributed by atoms with van der Waals surface area (Å²) in [5.41, 5.74) is 0. The average molecular weight is 187 g/mol. The van der Waals surface area contributed by atoms with Crippen LogP contribution in [-0.4, -0.2) is 26.0 Å². The van der Waals surface area contributed by atoms with Gasteiger partial charge in [0.2, 0.25) is 0 Å². The van der Waals surface area contributed by atoms with E-state index < -0.39 is 8.24 Å². The molecule has 0 saturated carbocycles. The Morgan fingerprint density at radius 2 is 1.92 bits per heavy atom. The van der Waals surface area contributed by atoms with Crippen molar-refractivity contribution in [3.63, 3.8) is 0 Å². The van der Waals surface area contributed by atoms with Crippen molar-refractivity contribution in [3.05, 3.63) is 12.2 Å². The lowest BCUT2D eigenvalue weighted by atomic mass is 10.5. The fourth-order valence-electron chi connectivity index (χ4n) is 0.438. The minimum absolute atomic E-state index is 0.303. The first-order valence-electron chi connectivity index (χ1n) is 3.96. The zero-order valence-corrected chi connectivity index (χ0v) is 9.42. The molecule has 0 unspecified atom stereocenters. The van der Waals surface area contributed by atoms with E-state index in [0.29, 0.717) is 0 Å². The summed E-state index contributed by atoms with van der Waals surface area (Å²) < 4.78 is 1.68. The SMILES string of the molecule is CC=CC(=O)ON(C)[Si](C)(C)C. The van der Waals surface area contributed by atoms with Gasteiger partial charge in [0.05, 0.1) is 0 Å². The second-order valence-corrected chi connectivity index (χ2v) is 8.55. The number of hydrogen-bond acceptors (Lipinski definition) is 3. The molecule has 0 radical (unpaired) electrons. The van der Waals surface area contributed by atoms with Crippen molar-refractivity contribution in [3.8, 4) is 0 Å². The molecule has 0 aromatic heterocycles. The van der Waals surface area contributed by atoms with Crippen molar-refractivity contribution >= 4 is 14.2 Å². The maximum atomic E-state index is 11.0. The standard InChI is InChI=1S/C8H17NO2Si/c1-6-7-8(10)11-9(2)12(3,4)5/h6-7H,1-5H3. The van der Waals surface area contributed by atoms with Gasteiger partial charge in [0.15, 0.2) is 8.24 Å². The van der Waals surface area contributed by atoms with E-state index in [1.807, 2.05) is 0 Å². The van der Waals surface area contributed by atoms with Gasteiger partial charge in [-0.2, -0.15) is 4.73 Å². The molecule has 0 bridgehead atoms. The molecule has 0 heterocycles. The maximum Gasteiger partial charge on any atom is 0.348 e. The van der Waals surface area contributed by atoms with E-state index in [9.17, 15) is 4.79 Å². The minimum Gasteiger partial charge on any atom is -0.372 e. The van der Waals surface area contributed by atoms with Crippen LogP contribution < -0.4 is 0 Å². The van der Waals surface area contributed by atoms with Crippen LogP contribution in [0.25, 0.3) is 0 Å². The molecule has 0 aromatic carbocycles. The Morgan fingerprint density at radius 3 is 2.25 bits per heavy atom. The van der Waals surface area contributed by atoms with Gasteiger partial charge in [-0.3, -0.25) is 0 Å². The number of hydroxylamine groups is 1. The lowest BCUT2D eigenvalue weighted by molar-refractivity contribution is -0.161. The molecular weight excluding hydrogens is 170 g/mol. The quantitative estimate of drug-likeness (QED) is 0.383. The fraction of sp³-hybridized carbons (Fsp3) is 0.625. The van der Waals surface area contributed by atoms with Gasteiger partial charge in [-0.05, 0) is 6.92 Å². The van der Waals surface area contributed by atoms with Gasteiger partial charge in [-0.25, -0.2) is 4.79 Å². The van der Waals surface area contributed by atoms with E-state index in [4.69, 9.17) is 4.84 Å². The molecular formula is C8H17NO2Si. The Kier molecular flexibility index (Phi) is 4.20. The Balaban J connectivity index is 4.01. The summed E-state index contributed by atoms with van der Waals surface area (Å²) in [4.78, 5) is 16.0. The first-order valence-corrected chi connectivity index (χ1v) is 7.41. The molecule has 0 aromatic rings. The summed E-state index contributed by atoms with van der Waals surface area (Å²) in [6, 6.07) is 0. The highest BCUT2D eigenvalue weighted by Gasteiger charge is 2.23. The van der Waals surface area contributed by atoms with Gasteiger partial charge in [0, 0.05) is 13.1 Å². The van der Waals surface area contributed by atoms with Gasteiger partial charge >= 0.3 is 5.97 Å². The van der Waals surface area contributed by atoms with Crippen LogP contribution in [0.3, 0.4) is 0 Å². The molecule has 0 spiro atoms. The van der Waals surface area contributed by atoms with Crippen LogP contribution in [0, 0.1) is 0 Å². The molecule has 0 aliphatic carbocycles. The number of carbonyl (C=O) groups is 1. The summed E-state index contributed by atoms with van der Waals surface area (Å²) >= 11 is 0. The maximum absolute atomic E-state index is 11.0. The van der Waals surface area contributed by atoms with Crippen LogP contribution in [0.15, 0.2) is 12.2 Å². The van der Waals surface area contributed by atoms with Gasteiger partial charge in [-0.15, -0.1) is 0 Å². The van der Waals surface area contributed by atoms with E-state index in [1.165, 1.54) is 6.08 Å². The largest absolute Gasteiger partial charge is 0.372 e. The second-order valence-electron chi connectivity index (χ2n) is 3.58. The first kappa shape index (κ1) is 11.4. The number of allylic oxidation sites excluding steroid dienone is 1. The molecule has 0 atom stereocenters. The van der Waals surface area contributed by atoms with E-state index in [0.717, 1.165) is 0 Å². The van der Waals surface area contributed by atoms with Crippen LogP contribution >= 0.6 is 0 Å². The zero-order valence-electron chi connectivity index (χ0n) is 8.42. The number of rotatable bonds is 3. The molecule has 3 nitrogen and oxygen atoms in total. The summed E-state index contributed by atoms with van der Waals surface area (Å²) in [6.07, 6.45) is 3.08. The van der Waals surface area contributed by atoms with Crippen LogP contribution in [0.2, 0.25) is 19.6 Å². The fourth-order valence-corrected chi connectivity index (χ4v) is 0.802. The minimum atomic E-state index is -1.50. The lowest BCUT2D eigenvalue weighted by Gasteiger charge is -2.27. The van der Waals surface area contributed by atoms with Crippen LogP contribution in [0.5, 0.6) is 0 Å². The average Bonchev–Trinajstić information content (AvgIpc) is 1.85. The second kappa shape index (κ2) is 4.42. The summed E-state index contributed by atoms with van der Waals surface area (Å²) in [5, 5.41) is 0. The number of nitrogens with zero attached hydrogens (tertiary/aromatic N) is 1. The summed E-state index contributed by atoms with van der Waals surface area (Å²) in [6.45, 7) is 8.11. The highest BCUT2D eigenvalue weighted by atomic mass is 28.3.